The highest BCUT2D eigenvalue weighted by Gasteiger charge is 2.23. The maximum atomic E-state index is 11.7. The quantitative estimate of drug-likeness (QED) is 0.824. The van der Waals surface area contributed by atoms with Crippen LogP contribution in [0.3, 0.4) is 0 Å². The van der Waals surface area contributed by atoms with Crippen molar-refractivity contribution in [1.82, 2.24) is 20.3 Å². The van der Waals surface area contributed by atoms with Crippen molar-refractivity contribution in [2.24, 2.45) is 0 Å². The SMILES string of the molecule is CNC(=S)C(C(C)=O)n1nnc2ccccc21. The van der Waals surface area contributed by atoms with Crippen molar-refractivity contribution in [3.63, 3.8) is 0 Å². The summed E-state index contributed by atoms with van der Waals surface area (Å²) >= 11 is 5.14. The molecule has 0 aliphatic rings. The van der Waals surface area contributed by atoms with Crippen molar-refractivity contribution in [3.05, 3.63) is 24.3 Å². The molecular weight excluding hydrogens is 236 g/mol. The number of hydrogen-bond donors (Lipinski definition) is 1. The van der Waals surface area contributed by atoms with Crippen LogP contribution in [0.4, 0.5) is 0 Å². The monoisotopic (exact) mass is 248 g/mol. The lowest BCUT2D eigenvalue weighted by atomic mass is 10.2. The summed E-state index contributed by atoms with van der Waals surface area (Å²) in [6, 6.07) is 6.87. The fourth-order valence-corrected chi connectivity index (χ4v) is 1.95. The van der Waals surface area contributed by atoms with Gasteiger partial charge >= 0.3 is 0 Å². The second kappa shape index (κ2) is 4.58. The van der Waals surface area contributed by atoms with Gasteiger partial charge in [0.05, 0.1) is 5.52 Å². The molecule has 1 N–H and O–H groups in total. The van der Waals surface area contributed by atoms with Crippen molar-refractivity contribution < 1.29 is 4.79 Å². The molecule has 6 heteroatoms. The molecule has 1 aromatic heterocycles. The molecule has 2 aromatic rings. The van der Waals surface area contributed by atoms with Crippen LogP contribution in [0.25, 0.3) is 11.0 Å². The Kier molecular flexibility index (Phi) is 3.14. The number of carbonyl (C=O) groups is 1. The molecule has 0 saturated heterocycles. The fourth-order valence-electron chi connectivity index (χ4n) is 1.68. The number of Topliss-reactive ketones (excluding diaryl/α,β-unsaturated/α-hetero) is 1. The second-order valence-electron chi connectivity index (χ2n) is 3.65. The summed E-state index contributed by atoms with van der Waals surface area (Å²) in [5.41, 5.74) is 1.54. The lowest BCUT2D eigenvalue weighted by Gasteiger charge is -2.15. The van der Waals surface area contributed by atoms with Crippen LogP contribution in [0.15, 0.2) is 24.3 Å². The molecule has 1 heterocycles. The number of nitrogens with one attached hydrogen (secondary N) is 1. The molecule has 0 amide bonds. The van der Waals surface area contributed by atoms with Crippen molar-refractivity contribution in [3.8, 4) is 0 Å². The molecule has 0 saturated carbocycles. The summed E-state index contributed by atoms with van der Waals surface area (Å²) in [6.45, 7) is 1.49. The largest absolute Gasteiger partial charge is 0.381 e. The van der Waals surface area contributed by atoms with Crippen molar-refractivity contribution >= 4 is 34.0 Å². The highest BCUT2D eigenvalue weighted by atomic mass is 32.1. The molecule has 0 fully saturated rings. The number of ketones is 1. The summed E-state index contributed by atoms with van der Waals surface area (Å²) in [4.78, 5) is 12.1. The Morgan fingerprint density at radius 2 is 2.18 bits per heavy atom. The summed E-state index contributed by atoms with van der Waals surface area (Å²) in [5, 5.41) is 10.8. The number of carbonyl (C=O) groups excluding carboxylic acids is 1. The first-order valence-electron chi connectivity index (χ1n) is 5.17. The van der Waals surface area contributed by atoms with Crippen LogP contribution in [0.2, 0.25) is 0 Å². The number of thiocarbonyl (C=S) groups is 1. The van der Waals surface area contributed by atoms with Crippen molar-refractivity contribution in [2.75, 3.05) is 7.05 Å². The third-order valence-electron chi connectivity index (χ3n) is 2.50. The number of aromatic nitrogens is 3. The molecule has 0 radical (unpaired) electrons. The predicted octanol–water partition coefficient (Wildman–Crippen LogP) is 1.11. The maximum Gasteiger partial charge on any atom is 0.162 e. The Morgan fingerprint density at radius 3 is 2.82 bits per heavy atom. The van der Waals surface area contributed by atoms with Gasteiger partial charge in [-0.15, -0.1) is 5.10 Å². The van der Waals surface area contributed by atoms with Gasteiger partial charge in [-0.05, 0) is 19.1 Å². The molecule has 0 bridgehead atoms. The minimum absolute atomic E-state index is 0.0694. The summed E-state index contributed by atoms with van der Waals surface area (Å²) in [7, 11) is 1.69. The van der Waals surface area contributed by atoms with E-state index in [9.17, 15) is 4.79 Å². The molecule has 1 unspecified atom stereocenters. The number of benzene rings is 1. The minimum atomic E-state index is -0.595. The fraction of sp³-hybridized carbons (Fsp3) is 0.273. The highest BCUT2D eigenvalue weighted by molar-refractivity contribution is 7.80. The normalized spacial score (nSPS) is 12.4. The van der Waals surface area contributed by atoms with Gasteiger partial charge in [0.2, 0.25) is 0 Å². The average molecular weight is 248 g/mol. The van der Waals surface area contributed by atoms with Gasteiger partial charge in [-0.2, -0.15) is 0 Å². The lowest BCUT2D eigenvalue weighted by Crippen LogP contribution is -2.33. The molecule has 88 valence electrons. The summed E-state index contributed by atoms with van der Waals surface area (Å²) < 4.78 is 1.55. The van der Waals surface area contributed by atoms with Crippen LogP contribution < -0.4 is 5.32 Å². The van der Waals surface area contributed by atoms with Crippen LogP contribution in [0, 0.1) is 0 Å². The van der Waals surface area contributed by atoms with E-state index in [1.807, 2.05) is 24.3 Å². The topological polar surface area (TPSA) is 59.8 Å². The number of fused-ring (bicyclic) bond motifs is 1. The van der Waals surface area contributed by atoms with E-state index in [0.29, 0.717) is 4.99 Å². The van der Waals surface area contributed by atoms with Crippen molar-refractivity contribution in [1.29, 1.82) is 0 Å². The number of likely N-dealkylation sites (N-methyl/N-ethyl adjacent to an activating group) is 1. The van der Waals surface area contributed by atoms with Gasteiger partial charge in [0.1, 0.15) is 10.5 Å². The van der Waals surface area contributed by atoms with Crippen LogP contribution in [0.1, 0.15) is 13.0 Å². The predicted molar refractivity (Wildman–Crippen MR) is 68.9 cm³/mol. The van der Waals surface area contributed by atoms with E-state index in [1.165, 1.54) is 6.92 Å². The number of para-hydroxylation sites is 1. The smallest absolute Gasteiger partial charge is 0.162 e. The van der Waals surface area contributed by atoms with Crippen LogP contribution in [-0.2, 0) is 4.79 Å². The molecule has 17 heavy (non-hydrogen) atoms. The Bertz CT molecular complexity index is 578. The Balaban J connectivity index is 2.57. The Morgan fingerprint density at radius 1 is 1.47 bits per heavy atom. The molecule has 0 spiro atoms. The van der Waals surface area contributed by atoms with Gasteiger partial charge in [0.15, 0.2) is 11.8 Å². The molecule has 5 nitrogen and oxygen atoms in total. The molecule has 0 aliphatic carbocycles. The van der Waals surface area contributed by atoms with Crippen LogP contribution >= 0.6 is 12.2 Å². The first-order valence-corrected chi connectivity index (χ1v) is 5.58. The average Bonchev–Trinajstić information content (AvgIpc) is 2.73. The lowest BCUT2D eigenvalue weighted by molar-refractivity contribution is -0.118. The molecule has 1 atom stereocenters. The van der Waals surface area contributed by atoms with E-state index in [0.717, 1.165) is 11.0 Å². The molecule has 2 rings (SSSR count). The third-order valence-corrected chi connectivity index (χ3v) is 2.93. The van der Waals surface area contributed by atoms with Crippen LogP contribution in [0.5, 0.6) is 0 Å². The van der Waals surface area contributed by atoms with Gasteiger partial charge in [0.25, 0.3) is 0 Å². The first kappa shape index (κ1) is 11.7. The van der Waals surface area contributed by atoms with Gasteiger partial charge in [0, 0.05) is 7.05 Å². The highest BCUT2D eigenvalue weighted by Crippen LogP contribution is 2.17. The van der Waals surface area contributed by atoms with Crippen molar-refractivity contribution in [2.45, 2.75) is 13.0 Å². The van der Waals surface area contributed by atoms with Gasteiger partial charge in [-0.3, -0.25) is 4.79 Å². The summed E-state index contributed by atoms with van der Waals surface area (Å²) in [6.07, 6.45) is 0. The van der Waals surface area contributed by atoms with E-state index < -0.39 is 6.04 Å². The van der Waals surface area contributed by atoms with E-state index >= 15 is 0 Å². The Hall–Kier alpha value is -1.82. The molecule has 1 aromatic carbocycles. The van der Waals surface area contributed by atoms with Gasteiger partial charge < -0.3 is 5.32 Å². The Labute approximate surface area is 104 Å². The molecule has 0 aliphatic heterocycles. The number of nitrogens with zero attached hydrogens (tertiary/aromatic N) is 3. The van der Waals surface area contributed by atoms with E-state index in [-0.39, 0.29) is 5.78 Å². The van der Waals surface area contributed by atoms with E-state index in [1.54, 1.807) is 11.7 Å². The number of hydrogen-bond acceptors (Lipinski definition) is 4. The minimum Gasteiger partial charge on any atom is -0.381 e. The van der Waals surface area contributed by atoms with Crippen LogP contribution in [-0.4, -0.2) is 32.8 Å². The molecular formula is C11H12N4OS. The maximum absolute atomic E-state index is 11.7. The third kappa shape index (κ3) is 2.03. The van der Waals surface area contributed by atoms with E-state index in [4.69, 9.17) is 12.2 Å². The summed E-state index contributed by atoms with van der Waals surface area (Å²) in [5.74, 6) is -0.0694. The van der Waals surface area contributed by atoms with Gasteiger partial charge in [-0.1, -0.05) is 29.6 Å². The first-order chi connectivity index (χ1) is 8.15. The standard InChI is InChI=1S/C11H12N4OS/c1-7(16)10(11(17)12-2)15-9-6-4-3-5-8(9)13-14-15/h3-6,10H,1-2H3,(H,12,17). The van der Waals surface area contributed by atoms with E-state index in [2.05, 4.69) is 15.6 Å². The second-order valence-corrected chi connectivity index (χ2v) is 4.09. The zero-order valence-electron chi connectivity index (χ0n) is 9.54. The number of rotatable bonds is 3. The zero-order valence-corrected chi connectivity index (χ0v) is 10.4. The zero-order chi connectivity index (χ0) is 12.4. The van der Waals surface area contributed by atoms with Gasteiger partial charge in [-0.25, -0.2) is 4.68 Å².